The highest BCUT2D eigenvalue weighted by Gasteiger charge is 2.27. The molecule has 0 spiro atoms. The number of anilines is 1. The highest BCUT2D eigenvalue weighted by atomic mass is 32.2. The molecule has 0 unspecified atom stereocenters. The minimum Gasteiger partial charge on any atom is -0.325 e. The van der Waals surface area contributed by atoms with Crippen molar-refractivity contribution in [3.8, 4) is 0 Å². The maximum absolute atomic E-state index is 12.6. The van der Waals surface area contributed by atoms with E-state index in [0.29, 0.717) is 31.2 Å². The fourth-order valence-corrected chi connectivity index (χ4v) is 5.21. The van der Waals surface area contributed by atoms with Crippen molar-refractivity contribution in [2.75, 3.05) is 38.0 Å². The molecule has 1 amide bonds. The molecule has 7 heteroatoms. The average Bonchev–Trinajstić information content (AvgIpc) is 3.10. The second-order valence-electron chi connectivity index (χ2n) is 7.17. The number of nitrogens with zero attached hydrogens (tertiary/aromatic N) is 2. The van der Waals surface area contributed by atoms with Crippen molar-refractivity contribution < 1.29 is 13.2 Å². The summed E-state index contributed by atoms with van der Waals surface area (Å²) >= 11 is 0. The van der Waals surface area contributed by atoms with Crippen LogP contribution in [0.15, 0.2) is 29.2 Å². The van der Waals surface area contributed by atoms with Gasteiger partial charge in [0.15, 0.2) is 0 Å². The summed E-state index contributed by atoms with van der Waals surface area (Å²) in [5.74, 6) is 0.528. The van der Waals surface area contributed by atoms with Crippen LogP contribution in [0.2, 0.25) is 0 Å². The summed E-state index contributed by atoms with van der Waals surface area (Å²) in [6.07, 6.45) is 4.15. The summed E-state index contributed by atoms with van der Waals surface area (Å²) in [6, 6.07) is 6.57. The first-order chi connectivity index (χ1) is 11.9. The van der Waals surface area contributed by atoms with Crippen LogP contribution in [0.5, 0.6) is 0 Å². The van der Waals surface area contributed by atoms with Gasteiger partial charge in [0.25, 0.3) is 0 Å². The molecule has 3 rings (SSSR count). The quantitative estimate of drug-likeness (QED) is 0.868. The number of piperidine rings is 1. The molecule has 138 valence electrons. The van der Waals surface area contributed by atoms with Gasteiger partial charge in [0.2, 0.25) is 15.9 Å². The molecule has 6 nitrogen and oxygen atoms in total. The fraction of sp³-hybridized carbons (Fsp3) is 0.611. The number of sulfonamides is 1. The maximum Gasteiger partial charge on any atom is 0.243 e. The number of rotatable bonds is 5. The van der Waals surface area contributed by atoms with Crippen LogP contribution in [0.4, 0.5) is 5.69 Å². The highest BCUT2D eigenvalue weighted by Crippen LogP contribution is 2.23. The number of hydrogen-bond acceptors (Lipinski definition) is 4. The first-order valence-electron chi connectivity index (χ1n) is 9.07. The van der Waals surface area contributed by atoms with E-state index in [1.807, 2.05) is 0 Å². The van der Waals surface area contributed by atoms with E-state index < -0.39 is 10.0 Å². The van der Waals surface area contributed by atoms with Crippen molar-refractivity contribution in [2.45, 2.75) is 37.5 Å². The van der Waals surface area contributed by atoms with E-state index in [4.69, 9.17) is 0 Å². The van der Waals surface area contributed by atoms with Gasteiger partial charge in [0, 0.05) is 25.3 Å². The van der Waals surface area contributed by atoms with Gasteiger partial charge in [-0.3, -0.25) is 9.69 Å². The SMILES string of the molecule is C[C@@H]1CCCN(CC(=O)Nc2cccc(S(=O)(=O)N3CCCC3)c2)C1. The first-order valence-corrected chi connectivity index (χ1v) is 10.5. The second-order valence-corrected chi connectivity index (χ2v) is 9.11. The molecule has 0 radical (unpaired) electrons. The van der Waals surface area contributed by atoms with Crippen LogP contribution in [0.25, 0.3) is 0 Å². The predicted molar refractivity (Wildman–Crippen MR) is 97.9 cm³/mol. The zero-order valence-corrected chi connectivity index (χ0v) is 15.6. The number of benzene rings is 1. The third-order valence-electron chi connectivity index (χ3n) is 4.93. The van der Waals surface area contributed by atoms with Crippen LogP contribution >= 0.6 is 0 Å². The Morgan fingerprint density at radius 3 is 2.68 bits per heavy atom. The normalized spacial score (nSPS) is 22.8. The van der Waals surface area contributed by atoms with Crippen LogP contribution < -0.4 is 5.32 Å². The third-order valence-corrected chi connectivity index (χ3v) is 6.82. The van der Waals surface area contributed by atoms with Crippen LogP contribution in [-0.2, 0) is 14.8 Å². The smallest absolute Gasteiger partial charge is 0.243 e. The first kappa shape index (κ1) is 18.4. The van der Waals surface area contributed by atoms with Gasteiger partial charge in [-0.2, -0.15) is 4.31 Å². The number of amides is 1. The Bertz CT molecular complexity index is 714. The van der Waals surface area contributed by atoms with Crippen molar-refractivity contribution in [2.24, 2.45) is 5.92 Å². The Morgan fingerprint density at radius 2 is 1.96 bits per heavy atom. The number of hydrogen-bond donors (Lipinski definition) is 1. The van der Waals surface area contributed by atoms with Crippen molar-refractivity contribution in [3.63, 3.8) is 0 Å². The largest absolute Gasteiger partial charge is 0.325 e. The Kier molecular flexibility index (Phi) is 5.76. The number of nitrogens with one attached hydrogen (secondary N) is 1. The van der Waals surface area contributed by atoms with Crippen LogP contribution in [0, 0.1) is 5.92 Å². The minimum absolute atomic E-state index is 0.0928. The van der Waals surface area contributed by atoms with Gasteiger partial charge in [0.1, 0.15) is 0 Å². The van der Waals surface area contributed by atoms with Crippen LogP contribution in [0.3, 0.4) is 0 Å². The third kappa shape index (κ3) is 4.59. The molecule has 2 aliphatic heterocycles. The monoisotopic (exact) mass is 365 g/mol. The molecule has 1 aromatic rings. The molecule has 25 heavy (non-hydrogen) atoms. The summed E-state index contributed by atoms with van der Waals surface area (Å²) in [5.41, 5.74) is 0.537. The Hall–Kier alpha value is -1.44. The number of likely N-dealkylation sites (tertiary alicyclic amines) is 1. The summed E-state index contributed by atoms with van der Waals surface area (Å²) in [4.78, 5) is 14.7. The summed E-state index contributed by atoms with van der Waals surface area (Å²) in [5, 5.41) is 2.84. The molecular formula is C18H27N3O3S. The molecule has 2 saturated heterocycles. The summed E-state index contributed by atoms with van der Waals surface area (Å²) < 4.78 is 26.8. The minimum atomic E-state index is -3.46. The Balaban J connectivity index is 1.64. The molecule has 2 fully saturated rings. The van der Waals surface area contributed by atoms with Crippen molar-refractivity contribution in [1.82, 2.24) is 9.21 Å². The van der Waals surface area contributed by atoms with Crippen LogP contribution in [0.1, 0.15) is 32.6 Å². The van der Waals surface area contributed by atoms with E-state index in [-0.39, 0.29) is 10.8 Å². The van der Waals surface area contributed by atoms with E-state index >= 15 is 0 Å². The molecule has 1 atom stereocenters. The van der Waals surface area contributed by atoms with Gasteiger partial charge < -0.3 is 5.32 Å². The summed E-state index contributed by atoms with van der Waals surface area (Å²) in [7, 11) is -3.46. The molecule has 0 aliphatic carbocycles. The van der Waals surface area contributed by atoms with Crippen molar-refractivity contribution in [3.05, 3.63) is 24.3 Å². The van der Waals surface area contributed by atoms with Gasteiger partial charge in [0.05, 0.1) is 11.4 Å². The lowest BCUT2D eigenvalue weighted by atomic mass is 10.0. The maximum atomic E-state index is 12.6. The van der Waals surface area contributed by atoms with Gasteiger partial charge >= 0.3 is 0 Å². The molecule has 0 aromatic heterocycles. The lowest BCUT2D eigenvalue weighted by molar-refractivity contribution is -0.117. The molecule has 1 aromatic carbocycles. The predicted octanol–water partition coefficient (Wildman–Crippen LogP) is 2.14. The van der Waals surface area contributed by atoms with Gasteiger partial charge in [-0.25, -0.2) is 8.42 Å². The number of carbonyl (C=O) groups is 1. The van der Waals surface area contributed by atoms with Gasteiger partial charge in [-0.05, 0) is 56.3 Å². The highest BCUT2D eigenvalue weighted by molar-refractivity contribution is 7.89. The fourth-order valence-electron chi connectivity index (χ4n) is 3.65. The average molecular weight is 365 g/mol. The van der Waals surface area contributed by atoms with Crippen molar-refractivity contribution in [1.29, 1.82) is 0 Å². The standard InChI is InChI=1S/C18H27N3O3S/c1-15-6-5-9-20(13-15)14-18(22)19-16-7-4-8-17(12-16)25(23,24)21-10-2-3-11-21/h4,7-8,12,15H,2-3,5-6,9-11,13-14H2,1H3,(H,19,22)/t15-/m1/s1. The molecule has 2 heterocycles. The molecular weight excluding hydrogens is 338 g/mol. The lowest BCUT2D eigenvalue weighted by Crippen LogP contribution is -2.39. The molecule has 0 saturated carbocycles. The van der Waals surface area contributed by atoms with E-state index in [1.165, 1.54) is 10.7 Å². The van der Waals surface area contributed by atoms with Crippen LogP contribution in [-0.4, -0.2) is 56.3 Å². The second kappa shape index (κ2) is 7.85. The number of carbonyl (C=O) groups excluding carboxylic acids is 1. The summed E-state index contributed by atoms with van der Waals surface area (Å²) in [6.45, 7) is 5.60. The Morgan fingerprint density at radius 1 is 1.20 bits per heavy atom. The van der Waals surface area contributed by atoms with E-state index in [9.17, 15) is 13.2 Å². The lowest BCUT2D eigenvalue weighted by Gasteiger charge is -2.30. The molecule has 1 N–H and O–H groups in total. The van der Waals surface area contributed by atoms with E-state index in [0.717, 1.165) is 32.4 Å². The molecule has 0 bridgehead atoms. The molecule has 2 aliphatic rings. The van der Waals surface area contributed by atoms with Gasteiger partial charge in [-0.1, -0.05) is 13.0 Å². The van der Waals surface area contributed by atoms with E-state index in [1.54, 1.807) is 24.3 Å². The Labute approximate surface area is 150 Å². The zero-order chi connectivity index (χ0) is 17.9. The topological polar surface area (TPSA) is 69.7 Å². The van der Waals surface area contributed by atoms with E-state index in [2.05, 4.69) is 17.1 Å². The zero-order valence-electron chi connectivity index (χ0n) is 14.8. The van der Waals surface area contributed by atoms with Crippen molar-refractivity contribution >= 4 is 21.6 Å². The van der Waals surface area contributed by atoms with Gasteiger partial charge in [-0.15, -0.1) is 0 Å².